The average molecular weight is 462 g/mol. The lowest BCUT2D eigenvalue weighted by Gasteiger charge is -2.50. The van der Waals surface area contributed by atoms with E-state index in [1.165, 1.54) is 12.8 Å². The van der Waals surface area contributed by atoms with Crippen molar-refractivity contribution in [2.24, 2.45) is 5.92 Å². The lowest BCUT2D eigenvalue weighted by Crippen LogP contribution is -2.66. The molecular formula is C27H27NO6. The zero-order valence-electron chi connectivity index (χ0n) is 19.1. The van der Waals surface area contributed by atoms with Gasteiger partial charge in [0, 0.05) is 31.1 Å². The van der Waals surface area contributed by atoms with Gasteiger partial charge in [0.05, 0.1) is 23.7 Å². The normalized spacial score (nSPS) is 32.8. The van der Waals surface area contributed by atoms with Gasteiger partial charge in [-0.15, -0.1) is 0 Å². The van der Waals surface area contributed by atoms with Crippen LogP contribution in [0.4, 0.5) is 0 Å². The summed E-state index contributed by atoms with van der Waals surface area (Å²) in [5.74, 6) is 1.60. The van der Waals surface area contributed by atoms with E-state index in [2.05, 4.69) is 4.90 Å². The van der Waals surface area contributed by atoms with Crippen LogP contribution in [-0.2, 0) is 16.6 Å². The van der Waals surface area contributed by atoms with Crippen LogP contribution >= 0.6 is 0 Å². The van der Waals surface area contributed by atoms with Crippen LogP contribution in [0.15, 0.2) is 36.4 Å². The van der Waals surface area contributed by atoms with Crippen LogP contribution < -0.4 is 14.2 Å². The first-order chi connectivity index (χ1) is 16.4. The molecule has 34 heavy (non-hydrogen) atoms. The molecule has 7 nitrogen and oxygen atoms in total. The molecule has 1 unspecified atom stereocenters. The van der Waals surface area contributed by atoms with Gasteiger partial charge in [0.25, 0.3) is 0 Å². The first-order valence-electron chi connectivity index (χ1n) is 12.1. The maximum absolute atomic E-state index is 13.1. The lowest BCUT2D eigenvalue weighted by molar-refractivity contribution is -0.147. The molecule has 2 bridgehead atoms. The Kier molecular flexibility index (Phi) is 4.11. The Morgan fingerprint density at radius 2 is 2.00 bits per heavy atom. The number of carbonyl (C=O) groups excluding carboxylic acids is 2. The predicted octanol–water partition coefficient (Wildman–Crippen LogP) is 2.66. The van der Waals surface area contributed by atoms with Crippen LogP contribution in [0.1, 0.15) is 47.2 Å². The summed E-state index contributed by atoms with van der Waals surface area (Å²) in [6.45, 7) is 1.56. The van der Waals surface area contributed by atoms with Crippen LogP contribution in [-0.4, -0.2) is 59.7 Å². The summed E-state index contributed by atoms with van der Waals surface area (Å²) in [5.41, 5.74) is 0.542. The van der Waals surface area contributed by atoms with Gasteiger partial charge in [-0.3, -0.25) is 9.69 Å². The molecule has 1 spiro atoms. The molecule has 3 aliphatic carbocycles. The van der Waals surface area contributed by atoms with Gasteiger partial charge in [0.2, 0.25) is 0 Å². The fourth-order valence-electron chi connectivity index (χ4n) is 6.97. The third-order valence-corrected chi connectivity index (χ3v) is 8.73. The van der Waals surface area contributed by atoms with E-state index in [1.54, 1.807) is 37.4 Å². The molecule has 0 aromatic heterocycles. The number of hydrogen-bond donors (Lipinski definition) is 1. The maximum atomic E-state index is 13.1. The van der Waals surface area contributed by atoms with Gasteiger partial charge >= 0.3 is 5.97 Å². The molecule has 2 aromatic carbocycles. The molecule has 0 amide bonds. The highest BCUT2D eigenvalue weighted by molar-refractivity contribution is 5.93. The van der Waals surface area contributed by atoms with E-state index in [1.807, 2.05) is 6.07 Å². The van der Waals surface area contributed by atoms with Gasteiger partial charge in [-0.05, 0) is 67.5 Å². The first kappa shape index (κ1) is 20.5. The summed E-state index contributed by atoms with van der Waals surface area (Å²) in [4.78, 5) is 28.5. The molecule has 176 valence electrons. The Hall–Kier alpha value is -2.90. The molecule has 1 N–H and O–H groups in total. The van der Waals surface area contributed by atoms with Crippen LogP contribution in [0.25, 0.3) is 0 Å². The smallest absolute Gasteiger partial charge is 0.343 e. The summed E-state index contributed by atoms with van der Waals surface area (Å²) >= 11 is 0. The topological polar surface area (TPSA) is 85.3 Å². The second-order valence-corrected chi connectivity index (χ2v) is 10.5. The van der Waals surface area contributed by atoms with Crippen molar-refractivity contribution in [2.45, 2.75) is 55.3 Å². The fraction of sp³-hybridized carbons (Fsp3) is 0.481. The van der Waals surface area contributed by atoms with Crippen molar-refractivity contribution < 1.29 is 28.9 Å². The minimum Gasteiger partial charge on any atom is -0.497 e. The van der Waals surface area contributed by atoms with E-state index >= 15 is 0 Å². The zero-order valence-corrected chi connectivity index (χ0v) is 19.1. The van der Waals surface area contributed by atoms with Crippen molar-refractivity contribution >= 4 is 11.8 Å². The van der Waals surface area contributed by atoms with Gasteiger partial charge in [0.1, 0.15) is 5.75 Å². The van der Waals surface area contributed by atoms with Crippen LogP contribution in [0.3, 0.4) is 0 Å². The van der Waals surface area contributed by atoms with Crippen molar-refractivity contribution in [2.75, 3.05) is 20.2 Å². The van der Waals surface area contributed by atoms with Gasteiger partial charge < -0.3 is 19.3 Å². The molecule has 2 aromatic rings. The number of hydrogen-bond acceptors (Lipinski definition) is 7. The fourth-order valence-corrected chi connectivity index (χ4v) is 6.97. The molecule has 2 heterocycles. The Bertz CT molecular complexity index is 1220. The Morgan fingerprint density at radius 3 is 2.74 bits per heavy atom. The number of ketones is 1. The van der Waals surface area contributed by atoms with Crippen molar-refractivity contribution in [3.63, 3.8) is 0 Å². The maximum Gasteiger partial charge on any atom is 0.343 e. The predicted molar refractivity (Wildman–Crippen MR) is 121 cm³/mol. The van der Waals surface area contributed by atoms with Gasteiger partial charge in [-0.25, -0.2) is 4.79 Å². The number of likely N-dealkylation sites (tertiary alicyclic amines) is 1. The molecule has 2 aliphatic heterocycles. The summed E-state index contributed by atoms with van der Waals surface area (Å²) < 4.78 is 17.3. The highest BCUT2D eigenvalue weighted by Crippen LogP contribution is 2.65. The molecule has 7 rings (SSSR count). The second-order valence-electron chi connectivity index (χ2n) is 10.5. The van der Waals surface area contributed by atoms with E-state index in [0.29, 0.717) is 54.5 Å². The molecule has 2 saturated carbocycles. The number of nitrogens with zero attached hydrogens (tertiary/aromatic N) is 1. The molecular weight excluding hydrogens is 434 g/mol. The molecule has 0 radical (unpaired) electrons. The SMILES string of the molecule is COc1ccc(C(=O)Oc2ccc3c4c2OC2C(=O)CC[C@@]5(O)[C@@H](C3)N(CC3CC3)C[C@]425)cc1. The second kappa shape index (κ2) is 6.83. The van der Waals surface area contributed by atoms with E-state index in [9.17, 15) is 14.7 Å². The van der Waals surface area contributed by atoms with Crippen molar-refractivity contribution in [3.05, 3.63) is 53.1 Å². The standard InChI is InChI=1S/C27H27NO6/c1-32-18-7-4-16(5-8-18)25(30)33-20-9-6-17-12-21-27(31)11-10-19(29)24-26(27,22(17)23(20)34-24)14-28(21)13-15-2-3-15/h4-9,15,21,24,31H,2-3,10-14H2,1H3/t21-,24?,26+,27-/m1/s1. The number of carbonyl (C=O) groups is 2. The Balaban J connectivity index is 1.30. The third kappa shape index (κ3) is 2.54. The third-order valence-electron chi connectivity index (χ3n) is 8.73. The van der Waals surface area contributed by atoms with Gasteiger partial charge in [0.15, 0.2) is 23.4 Å². The summed E-state index contributed by atoms with van der Waals surface area (Å²) in [5, 5.41) is 12.2. The van der Waals surface area contributed by atoms with E-state index in [4.69, 9.17) is 14.2 Å². The number of rotatable bonds is 5. The molecule has 3 fully saturated rings. The number of benzene rings is 2. The highest BCUT2D eigenvalue weighted by atomic mass is 16.6. The number of ether oxygens (including phenoxy) is 3. The highest BCUT2D eigenvalue weighted by Gasteiger charge is 2.76. The lowest BCUT2D eigenvalue weighted by atomic mass is 9.54. The van der Waals surface area contributed by atoms with E-state index < -0.39 is 23.1 Å². The number of esters is 1. The van der Waals surface area contributed by atoms with Crippen molar-refractivity contribution in [1.82, 2.24) is 4.90 Å². The molecule has 7 heteroatoms. The van der Waals surface area contributed by atoms with Crippen molar-refractivity contribution in [1.29, 1.82) is 0 Å². The van der Waals surface area contributed by atoms with Crippen LogP contribution in [0.5, 0.6) is 17.2 Å². The minimum atomic E-state index is -1.02. The molecule has 4 atom stereocenters. The van der Waals surface area contributed by atoms with Gasteiger partial charge in [-0.2, -0.15) is 0 Å². The quantitative estimate of drug-likeness (QED) is 0.541. The summed E-state index contributed by atoms with van der Waals surface area (Å²) in [6.07, 6.45) is 3.19. The molecule has 5 aliphatic rings. The monoisotopic (exact) mass is 461 g/mol. The number of aliphatic hydroxyl groups is 1. The summed E-state index contributed by atoms with van der Waals surface area (Å²) in [6, 6.07) is 10.4. The first-order valence-corrected chi connectivity index (χ1v) is 12.1. The van der Waals surface area contributed by atoms with Crippen LogP contribution in [0, 0.1) is 5.92 Å². The zero-order chi connectivity index (χ0) is 23.2. The van der Waals surface area contributed by atoms with Crippen LogP contribution in [0.2, 0.25) is 0 Å². The Labute approximate surface area is 197 Å². The van der Waals surface area contributed by atoms with E-state index in [-0.39, 0.29) is 11.8 Å². The average Bonchev–Trinajstić information content (AvgIpc) is 3.56. The van der Waals surface area contributed by atoms with Crippen molar-refractivity contribution in [3.8, 4) is 17.2 Å². The van der Waals surface area contributed by atoms with E-state index in [0.717, 1.165) is 17.7 Å². The summed E-state index contributed by atoms with van der Waals surface area (Å²) in [7, 11) is 1.57. The minimum absolute atomic E-state index is 0.0153. The van der Waals surface area contributed by atoms with Gasteiger partial charge in [-0.1, -0.05) is 6.07 Å². The largest absolute Gasteiger partial charge is 0.497 e. The number of Topliss-reactive ketones (excluding diaryl/α,β-unsaturated/α-hetero) is 1. The number of methoxy groups -OCH3 is 1. The Morgan fingerprint density at radius 1 is 1.21 bits per heavy atom. The molecule has 1 saturated heterocycles.